The molecule has 2 heterocycles. The van der Waals surface area contributed by atoms with E-state index in [0.717, 1.165) is 22.6 Å². The van der Waals surface area contributed by atoms with E-state index in [1.165, 1.54) is 0 Å². The number of benzene rings is 2. The molecule has 4 rings (SSSR count). The molecule has 3 aromatic rings. The zero-order valence-electron chi connectivity index (χ0n) is 17.4. The van der Waals surface area contributed by atoms with Gasteiger partial charge < -0.3 is 15.0 Å². The first-order valence-corrected chi connectivity index (χ1v) is 10.5. The Morgan fingerprint density at radius 1 is 1.19 bits per heavy atom. The zero-order valence-corrected chi connectivity index (χ0v) is 18.1. The number of rotatable bonds is 4. The van der Waals surface area contributed by atoms with Crippen molar-refractivity contribution in [1.29, 1.82) is 0 Å². The smallest absolute Gasteiger partial charge is 0.359 e. The second-order valence-corrected chi connectivity index (χ2v) is 7.79. The van der Waals surface area contributed by atoms with Gasteiger partial charge in [-0.15, -0.1) is 0 Å². The van der Waals surface area contributed by atoms with E-state index in [0.29, 0.717) is 23.6 Å². The molecule has 0 fully saturated rings. The summed E-state index contributed by atoms with van der Waals surface area (Å²) in [5.74, 6) is -0.493. The number of nitrogens with zero attached hydrogens (tertiary/aromatic N) is 3. The number of amides is 2. The maximum atomic E-state index is 12.9. The van der Waals surface area contributed by atoms with Crippen LogP contribution in [0.1, 0.15) is 34.2 Å². The quantitative estimate of drug-likeness (QED) is 0.604. The van der Waals surface area contributed by atoms with Gasteiger partial charge >= 0.3 is 12.0 Å². The first-order valence-electron chi connectivity index (χ1n) is 10.1. The van der Waals surface area contributed by atoms with Crippen LogP contribution in [-0.2, 0) is 17.7 Å². The molecule has 0 spiro atoms. The third kappa shape index (κ3) is 4.41. The van der Waals surface area contributed by atoms with Crippen LogP contribution in [0.25, 0.3) is 5.69 Å². The van der Waals surface area contributed by atoms with E-state index in [1.807, 2.05) is 43.3 Å². The van der Waals surface area contributed by atoms with Crippen molar-refractivity contribution in [2.75, 3.05) is 18.5 Å². The van der Waals surface area contributed by atoms with Crippen molar-refractivity contribution in [2.24, 2.45) is 0 Å². The lowest BCUT2D eigenvalue weighted by Gasteiger charge is -2.28. The van der Waals surface area contributed by atoms with Crippen LogP contribution in [0.5, 0.6) is 0 Å². The Balaban J connectivity index is 1.64. The highest BCUT2D eigenvalue weighted by molar-refractivity contribution is 6.30. The lowest BCUT2D eigenvalue weighted by molar-refractivity contribution is 0.0516. The molecule has 0 aliphatic carbocycles. The van der Waals surface area contributed by atoms with Gasteiger partial charge in [0.1, 0.15) is 0 Å². The van der Waals surface area contributed by atoms with E-state index in [4.69, 9.17) is 16.3 Å². The van der Waals surface area contributed by atoms with Crippen LogP contribution < -0.4 is 5.32 Å². The van der Waals surface area contributed by atoms with Gasteiger partial charge in [0, 0.05) is 29.2 Å². The molecule has 7 nitrogen and oxygen atoms in total. The van der Waals surface area contributed by atoms with Gasteiger partial charge in [-0.3, -0.25) is 0 Å². The van der Waals surface area contributed by atoms with Crippen molar-refractivity contribution in [3.05, 3.63) is 76.1 Å². The number of urea groups is 1. The number of anilines is 1. The fraction of sp³-hybridized carbons (Fsp3) is 0.261. The van der Waals surface area contributed by atoms with Crippen LogP contribution in [-0.4, -0.2) is 39.8 Å². The van der Waals surface area contributed by atoms with Crippen LogP contribution >= 0.6 is 11.6 Å². The number of aryl methyl sites for hydroxylation is 1. The van der Waals surface area contributed by atoms with Crippen molar-refractivity contribution in [2.45, 2.75) is 26.8 Å². The number of ether oxygens (including phenoxy) is 1. The summed E-state index contributed by atoms with van der Waals surface area (Å²) >= 11 is 6.01. The highest BCUT2D eigenvalue weighted by Crippen LogP contribution is 2.27. The first-order chi connectivity index (χ1) is 15.0. The van der Waals surface area contributed by atoms with E-state index in [1.54, 1.807) is 28.6 Å². The number of nitrogens with one attached hydrogen (secondary N) is 1. The van der Waals surface area contributed by atoms with Gasteiger partial charge in [-0.2, -0.15) is 5.10 Å². The molecular weight excluding hydrogens is 416 g/mol. The number of fused-ring (bicyclic) bond motifs is 1. The molecule has 1 aliphatic rings. The summed E-state index contributed by atoms with van der Waals surface area (Å²) in [5.41, 5.74) is 4.43. The van der Waals surface area contributed by atoms with Gasteiger partial charge in [-0.05, 0) is 55.8 Å². The van der Waals surface area contributed by atoms with Gasteiger partial charge in [0.15, 0.2) is 5.69 Å². The molecule has 8 heteroatoms. The normalized spacial score (nSPS) is 12.9. The monoisotopic (exact) mass is 438 g/mol. The van der Waals surface area contributed by atoms with Crippen molar-refractivity contribution in [3.8, 4) is 5.69 Å². The van der Waals surface area contributed by atoms with Crippen LogP contribution in [0, 0.1) is 6.92 Å². The van der Waals surface area contributed by atoms with Crippen LogP contribution in [0.4, 0.5) is 10.5 Å². The highest BCUT2D eigenvalue weighted by atomic mass is 35.5. The molecule has 0 unspecified atom stereocenters. The van der Waals surface area contributed by atoms with E-state index in [9.17, 15) is 9.59 Å². The lowest BCUT2D eigenvalue weighted by Crippen LogP contribution is -2.39. The van der Waals surface area contributed by atoms with Crippen molar-refractivity contribution in [1.82, 2.24) is 14.7 Å². The number of hydrogen-bond acceptors (Lipinski definition) is 4. The maximum Gasteiger partial charge on any atom is 0.359 e. The number of hydrogen-bond donors (Lipinski definition) is 1. The van der Waals surface area contributed by atoms with Crippen LogP contribution in [0.2, 0.25) is 5.02 Å². The van der Waals surface area contributed by atoms with Crippen LogP contribution in [0.3, 0.4) is 0 Å². The Labute approximate surface area is 185 Å². The molecule has 160 valence electrons. The van der Waals surface area contributed by atoms with Crippen molar-refractivity contribution < 1.29 is 14.3 Å². The Morgan fingerprint density at radius 3 is 2.68 bits per heavy atom. The van der Waals surface area contributed by atoms with Crippen molar-refractivity contribution in [3.63, 3.8) is 0 Å². The van der Waals surface area contributed by atoms with Gasteiger partial charge in [-0.1, -0.05) is 23.7 Å². The predicted molar refractivity (Wildman–Crippen MR) is 119 cm³/mol. The molecular formula is C23H23ClN4O3. The molecule has 1 aliphatic heterocycles. The summed E-state index contributed by atoms with van der Waals surface area (Å²) in [7, 11) is 0. The summed E-state index contributed by atoms with van der Waals surface area (Å²) in [6, 6.07) is 14.7. The van der Waals surface area contributed by atoms with E-state index < -0.39 is 5.97 Å². The molecule has 0 atom stereocenters. The average molecular weight is 439 g/mol. The Morgan fingerprint density at radius 2 is 1.97 bits per heavy atom. The summed E-state index contributed by atoms with van der Waals surface area (Å²) in [4.78, 5) is 27.1. The standard InChI is InChI=1S/C23H23ClN4O3/c1-3-31-22(29)21-19-14-27(23(30)25-17-6-4-5-15(2)13-17)12-11-20(19)28(26-21)18-9-7-16(24)8-10-18/h4-10,13H,3,11-12,14H2,1-2H3,(H,25,30). The van der Waals surface area contributed by atoms with Gasteiger partial charge in [0.25, 0.3) is 0 Å². The van der Waals surface area contributed by atoms with E-state index in [-0.39, 0.29) is 24.9 Å². The molecule has 1 N–H and O–H groups in total. The minimum absolute atomic E-state index is 0.217. The molecule has 0 saturated heterocycles. The molecule has 2 amide bonds. The number of carbonyl (C=O) groups excluding carboxylic acids is 2. The fourth-order valence-electron chi connectivity index (χ4n) is 3.68. The van der Waals surface area contributed by atoms with Gasteiger partial charge in [0.2, 0.25) is 0 Å². The molecule has 0 bridgehead atoms. The topological polar surface area (TPSA) is 76.5 Å². The molecule has 1 aromatic heterocycles. The van der Waals surface area contributed by atoms with Gasteiger partial charge in [0.05, 0.1) is 24.5 Å². The fourth-order valence-corrected chi connectivity index (χ4v) is 3.80. The van der Waals surface area contributed by atoms with Gasteiger partial charge in [-0.25, -0.2) is 14.3 Å². The van der Waals surface area contributed by atoms with Crippen LogP contribution in [0.15, 0.2) is 48.5 Å². The zero-order chi connectivity index (χ0) is 22.0. The third-order valence-electron chi connectivity index (χ3n) is 5.15. The summed E-state index contributed by atoms with van der Waals surface area (Å²) in [6.45, 7) is 4.75. The maximum absolute atomic E-state index is 12.9. The van der Waals surface area contributed by atoms with E-state index in [2.05, 4.69) is 10.4 Å². The summed E-state index contributed by atoms with van der Waals surface area (Å²) < 4.78 is 6.96. The number of aromatic nitrogens is 2. The Kier molecular flexibility index (Phi) is 5.95. The second kappa shape index (κ2) is 8.81. The second-order valence-electron chi connectivity index (χ2n) is 7.35. The number of carbonyl (C=O) groups is 2. The Bertz CT molecular complexity index is 1120. The molecule has 31 heavy (non-hydrogen) atoms. The number of esters is 1. The summed E-state index contributed by atoms with van der Waals surface area (Å²) in [6.07, 6.45) is 0.561. The summed E-state index contributed by atoms with van der Waals surface area (Å²) in [5, 5.41) is 8.09. The highest BCUT2D eigenvalue weighted by Gasteiger charge is 2.31. The predicted octanol–water partition coefficient (Wildman–Crippen LogP) is 4.60. The molecule has 0 saturated carbocycles. The average Bonchev–Trinajstić information content (AvgIpc) is 3.13. The van der Waals surface area contributed by atoms with Crippen molar-refractivity contribution >= 4 is 29.3 Å². The molecule has 0 radical (unpaired) electrons. The van der Waals surface area contributed by atoms with E-state index >= 15 is 0 Å². The largest absolute Gasteiger partial charge is 0.461 e. The number of halogens is 1. The first kappa shape index (κ1) is 20.9. The molecule has 2 aromatic carbocycles. The minimum Gasteiger partial charge on any atom is -0.461 e. The third-order valence-corrected chi connectivity index (χ3v) is 5.41. The lowest BCUT2D eigenvalue weighted by atomic mass is 10.0. The SMILES string of the molecule is CCOC(=O)c1nn(-c2ccc(Cl)cc2)c2c1CN(C(=O)Nc1cccc(C)c1)CC2. The Hall–Kier alpha value is -3.32. The minimum atomic E-state index is -0.493.